The van der Waals surface area contributed by atoms with Crippen molar-refractivity contribution in [1.29, 1.82) is 0 Å². The van der Waals surface area contributed by atoms with Crippen LogP contribution in [-0.4, -0.2) is 35.6 Å². The van der Waals surface area contributed by atoms with Gasteiger partial charge in [-0.25, -0.2) is 14.5 Å². The number of hydrogen-bond acceptors (Lipinski definition) is 4. The number of aryl methyl sites for hydroxylation is 2. The predicted octanol–water partition coefficient (Wildman–Crippen LogP) is 1.14. The van der Waals surface area contributed by atoms with Gasteiger partial charge in [-0.3, -0.25) is 0 Å². The highest BCUT2D eigenvalue weighted by Gasteiger charge is 2.33. The standard InChI is InChI=1S/C12H15N5O2/c18-12(19)10-11(9-2-3-9)17(15-14-10)6-1-5-16-7-4-13-8-16/h4,7-9H,1-3,5-6H2,(H,18,19). The molecule has 3 rings (SSSR count). The van der Waals surface area contributed by atoms with Gasteiger partial charge >= 0.3 is 5.97 Å². The van der Waals surface area contributed by atoms with E-state index in [9.17, 15) is 4.79 Å². The fourth-order valence-electron chi connectivity index (χ4n) is 2.22. The Morgan fingerprint density at radius 2 is 2.26 bits per heavy atom. The second-order valence-electron chi connectivity index (χ2n) is 4.78. The maximum atomic E-state index is 11.1. The first-order chi connectivity index (χ1) is 9.25. The second kappa shape index (κ2) is 4.83. The Kier molecular flexibility index (Phi) is 3.02. The summed E-state index contributed by atoms with van der Waals surface area (Å²) in [4.78, 5) is 15.1. The minimum Gasteiger partial charge on any atom is -0.476 e. The third kappa shape index (κ3) is 2.49. The van der Waals surface area contributed by atoms with E-state index in [1.54, 1.807) is 17.2 Å². The quantitative estimate of drug-likeness (QED) is 0.842. The molecule has 0 unspecified atom stereocenters. The lowest BCUT2D eigenvalue weighted by Gasteiger charge is -2.06. The molecule has 0 aromatic carbocycles. The molecule has 100 valence electrons. The molecule has 7 heteroatoms. The van der Waals surface area contributed by atoms with Crippen LogP contribution in [0.2, 0.25) is 0 Å². The van der Waals surface area contributed by atoms with Crippen LogP contribution in [0.4, 0.5) is 0 Å². The zero-order chi connectivity index (χ0) is 13.2. The third-order valence-electron chi connectivity index (χ3n) is 3.29. The highest BCUT2D eigenvalue weighted by atomic mass is 16.4. The topological polar surface area (TPSA) is 85.8 Å². The molecule has 2 aromatic rings. The van der Waals surface area contributed by atoms with Crippen molar-refractivity contribution in [1.82, 2.24) is 24.5 Å². The number of rotatable bonds is 6. The molecule has 2 aromatic heterocycles. The molecule has 2 heterocycles. The fourth-order valence-corrected chi connectivity index (χ4v) is 2.22. The molecule has 1 aliphatic rings. The molecule has 1 saturated carbocycles. The first-order valence-corrected chi connectivity index (χ1v) is 6.38. The molecule has 7 nitrogen and oxygen atoms in total. The number of carbonyl (C=O) groups is 1. The number of aromatic carboxylic acids is 1. The minimum atomic E-state index is -0.984. The summed E-state index contributed by atoms with van der Waals surface area (Å²) in [6.45, 7) is 1.52. The number of nitrogens with zero attached hydrogens (tertiary/aromatic N) is 5. The second-order valence-corrected chi connectivity index (χ2v) is 4.78. The summed E-state index contributed by atoms with van der Waals surface area (Å²) < 4.78 is 3.74. The SMILES string of the molecule is O=C(O)c1nnn(CCCn2ccnc2)c1C1CC1. The van der Waals surface area contributed by atoms with Gasteiger partial charge in [0.2, 0.25) is 0 Å². The van der Waals surface area contributed by atoms with Crippen molar-refractivity contribution >= 4 is 5.97 Å². The van der Waals surface area contributed by atoms with Crippen LogP contribution in [0.3, 0.4) is 0 Å². The summed E-state index contributed by atoms with van der Waals surface area (Å²) in [5, 5.41) is 16.9. The Labute approximate surface area is 109 Å². The van der Waals surface area contributed by atoms with Gasteiger partial charge in [0, 0.05) is 31.4 Å². The monoisotopic (exact) mass is 261 g/mol. The lowest BCUT2D eigenvalue weighted by atomic mass is 10.2. The zero-order valence-corrected chi connectivity index (χ0v) is 10.4. The Hall–Kier alpha value is -2.18. The van der Waals surface area contributed by atoms with E-state index in [0.29, 0.717) is 12.5 Å². The highest BCUT2D eigenvalue weighted by Crippen LogP contribution is 2.41. The van der Waals surface area contributed by atoms with Crippen molar-refractivity contribution in [2.75, 3.05) is 0 Å². The number of aromatic nitrogens is 5. The molecular formula is C12H15N5O2. The van der Waals surface area contributed by atoms with E-state index in [0.717, 1.165) is 31.5 Å². The van der Waals surface area contributed by atoms with Gasteiger partial charge in [0.25, 0.3) is 0 Å². The first kappa shape index (κ1) is 11.9. The van der Waals surface area contributed by atoms with Crippen LogP contribution in [-0.2, 0) is 13.1 Å². The molecule has 0 atom stereocenters. The van der Waals surface area contributed by atoms with Crippen molar-refractivity contribution in [3.63, 3.8) is 0 Å². The van der Waals surface area contributed by atoms with Crippen molar-refractivity contribution in [3.8, 4) is 0 Å². The molecule has 1 N–H and O–H groups in total. The normalized spacial score (nSPS) is 14.7. The predicted molar refractivity (Wildman–Crippen MR) is 65.8 cm³/mol. The number of carboxylic acid groups (broad SMARTS) is 1. The van der Waals surface area contributed by atoms with Gasteiger partial charge in [-0.2, -0.15) is 0 Å². The Morgan fingerprint density at radius 3 is 2.89 bits per heavy atom. The summed E-state index contributed by atoms with van der Waals surface area (Å²) in [7, 11) is 0. The summed E-state index contributed by atoms with van der Waals surface area (Å²) in [6, 6.07) is 0. The van der Waals surface area contributed by atoms with Crippen LogP contribution >= 0.6 is 0 Å². The van der Waals surface area contributed by atoms with Crippen molar-refractivity contribution < 1.29 is 9.90 Å². The van der Waals surface area contributed by atoms with Crippen LogP contribution in [0.25, 0.3) is 0 Å². The molecule has 0 radical (unpaired) electrons. The van der Waals surface area contributed by atoms with Gasteiger partial charge < -0.3 is 9.67 Å². The average molecular weight is 261 g/mol. The smallest absolute Gasteiger partial charge is 0.358 e. The van der Waals surface area contributed by atoms with Gasteiger partial charge in [-0.15, -0.1) is 5.10 Å². The van der Waals surface area contributed by atoms with Gasteiger partial charge in [-0.05, 0) is 19.3 Å². The number of imidazole rings is 1. The molecule has 0 saturated heterocycles. The molecule has 0 aliphatic heterocycles. The van der Waals surface area contributed by atoms with E-state index in [1.807, 2.05) is 10.8 Å². The largest absolute Gasteiger partial charge is 0.476 e. The van der Waals surface area contributed by atoms with E-state index in [4.69, 9.17) is 5.11 Å². The molecule has 0 spiro atoms. The molecule has 0 bridgehead atoms. The first-order valence-electron chi connectivity index (χ1n) is 6.38. The zero-order valence-electron chi connectivity index (χ0n) is 10.4. The lowest BCUT2D eigenvalue weighted by molar-refractivity contribution is 0.0689. The van der Waals surface area contributed by atoms with Crippen molar-refractivity contribution in [2.45, 2.75) is 38.3 Å². The summed E-state index contributed by atoms with van der Waals surface area (Å²) >= 11 is 0. The minimum absolute atomic E-state index is 0.116. The summed E-state index contributed by atoms with van der Waals surface area (Å²) in [5.41, 5.74) is 0.906. The summed E-state index contributed by atoms with van der Waals surface area (Å²) in [5.74, 6) is -0.655. The van der Waals surface area contributed by atoms with E-state index in [1.165, 1.54) is 0 Å². The molecular weight excluding hydrogens is 246 g/mol. The molecule has 0 amide bonds. The highest BCUT2D eigenvalue weighted by molar-refractivity contribution is 5.86. The lowest BCUT2D eigenvalue weighted by Crippen LogP contribution is -2.09. The molecule has 1 aliphatic carbocycles. The van der Waals surface area contributed by atoms with Gasteiger partial charge in [0.1, 0.15) is 0 Å². The maximum Gasteiger partial charge on any atom is 0.358 e. The Morgan fingerprint density at radius 1 is 1.42 bits per heavy atom. The van der Waals surface area contributed by atoms with Gasteiger partial charge in [0.15, 0.2) is 5.69 Å². The van der Waals surface area contributed by atoms with E-state index in [2.05, 4.69) is 15.3 Å². The van der Waals surface area contributed by atoms with Crippen LogP contribution in [0, 0.1) is 0 Å². The van der Waals surface area contributed by atoms with E-state index < -0.39 is 5.97 Å². The maximum absolute atomic E-state index is 11.1. The van der Waals surface area contributed by atoms with E-state index in [-0.39, 0.29) is 5.69 Å². The van der Waals surface area contributed by atoms with Crippen LogP contribution in [0.15, 0.2) is 18.7 Å². The number of carboxylic acids is 1. The van der Waals surface area contributed by atoms with Crippen molar-refractivity contribution in [3.05, 3.63) is 30.1 Å². The summed E-state index contributed by atoms with van der Waals surface area (Å²) in [6.07, 6.45) is 8.37. The van der Waals surface area contributed by atoms with Gasteiger partial charge in [-0.1, -0.05) is 5.21 Å². The van der Waals surface area contributed by atoms with Crippen LogP contribution < -0.4 is 0 Å². The Bertz CT molecular complexity index is 571. The fraction of sp³-hybridized carbons (Fsp3) is 0.500. The Balaban J connectivity index is 1.68. The molecule has 1 fully saturated rings. The van der Waals surface area contributed by atoms with Crippen LogP contribution in [0.1, 0.15) is 41.4 Å². The van der Waals surface area contributed by atoms with E-state index >= 15 is 0 Å². The number of hydrogen-bond donors (Lipinski definition) is 1. The third-order valence-corrected chi connectivity index (χ3v) is 3.29. The molecule has 19 heavy (non-hydrogen) atoms. The average Bonchev–Trinajstić information content (AvgIpc) is 2.92. The van der Waals surface area contributed by atoms with Gasteiger partial charge in [0.05, 0.1) is 12.0 Å². The van der Waals surface area contributed by atoms with Crippen molar-refractivity contribution in [2.24, 2.45) is 0 Å². The van der Waals surface area contributed by atoms with Crippen LogP contribution in [0.5, 0.6) is 0 Å².